The zero-order valence-corrected chi connectivity index (χ0v) is 18.9. The molecule has 156 valence electrons. The standard InChI is InChI=1S/C25H40N2S/c1-3-5-7-9-11-22-14-18-24(19-15-22)27-26-20-25(28-27)23-16-12-21(13-17-23)10-8-6-4-2/h12-13,16-17,20,22,24-25H,3-11,14-15,18-19H2,1-2H3. The van der Waals surface area contributed by atoms with Gasteiger partial charge in [0.1, 0.15) is 0 Å². The van der Waals surface area contributed by atoms with Crippen LogP contribution in [0.15, 0.2) is 29.4 Å². The summed E-state index contributed by atoms with van der Waals surface area (Å²) in [6.07, 6.45) is 19.9. The lowest BCUT2D eigenvalue weighted by atomic mass is 9.83. The van der Waals surface area contributed by atoms with Gasteiger partial charge in [0.05, 0.1) is 11.3 Å². The molecule has 1 saturated carbocycles. The molecule has 2 aliphatic rings. The van der Waals surface area contributed by atoms with Crippen molar-refractivity contribution in [2.75, 3.05) is 0 Å². The van der Waals surface area contributed by atoms with Gasteiger partial charge in [0.15, 0.2) is 0 Å². The van der Waals surface area contributed by atoms with Crippen LogP contribution in [0, 0.1) is 5.92 Å². The van der Waals surface area contributed by atoms with E-state index in [-0.39, 0.29) is 0 Å². The van der Waals surface area contributed by atoms with E-state index in [0.29, 0.717) is 11.3 Å². The molecule has 0 radical (unpaired) electrons. The number of hydrogen-bond donors (Lipinski definition) is 0. The van der Waals surface area contributed by atoms with Crippen LogP contribution in [-0.2, 0) is 6.42 Å². The Hall–Kier alpha value is -0.960. The minimum Gasteiger partial charge on any atom is -0.235 e. The van der Waals surface area contributed by atoms with Gasteiger partial charge in [-0.2, -0.15) is 5.10 Å². The van der Waals surface area contributed by atoms with Crippen LogP contribution in [0.5, 0.6) is 0 Å². The molecule has 0 N–H and O–H groups in total. The summed E-state index contributed by atoms with van der Waals surface area (Å²) in [5.74, 6) is 0.973. The Bertz CT molecular complexity index is 575. The summed E-state index contributed by atoms with van der Waals surface area (Å²) in [6, 6.07) is 9.94. The Morgan fingerprint density at radius 2 is 1.61 bits per heavy atom. The largest absolute Gasteiger partial charge is 0.235 e. The highest BCUT2D eigenvalue weighted by Gasteiger charge is 2.30. The van der Waals surface area contributed by atoms with Crippen molar-refractivity contribution in [1.82, 2.24) is 4.41 Å². The zero-order chi connectivity index (χ0) is 19.6. The molecule has 0 aromatic heterocycles. The Kier molecular flexibility index (Phi) is 9.24. The maximum absolute atomic E-state index is 4.78. The molecular weight excluding hydrogens is 360 g/mol. The summed E-state index contributed by atoms with van der Waals surface area (Å²) >= 11 is 1.93. The number of unbranched alkanes of at least 4 members (excludes halogenated alkanes) is 5. The van der Waals surface area contributed by atoms with Gasteiger partial charge in [0.25, 0.3) is 0 Å². The van der Waals surface area contributed by atoms with Crippen molar-refractivity contribution in [2.45, 2.75) is 109 Å². The van der Waals surface area contributed by atoms with Gasteiger partial charge in [-0.3, -0.25) is 0 Å². The number of nitrogens with zero attached hydrogens (tertiary/aromatic N) is 2. The van der Waals surface area contributed by atoms with E-state index in [2.05, 4.69) is 48.7 Å². The quantitative estimate of drug-likeness (QED) is 0.277. The second-order valence-corrected chi connectivity index (χ2v) is 9.91. The Morgan fingerprint density at radius 1 is 0.893 bits per heavy atom. The van der Waals surface area contributed by atoms with E-state index in [0.717, 1.165) is 5.92 Å². The van der Waals surface area contributed by atoms with E-state index < -0.39 is 0 Å². The van der Waals surface area contributed by atoms with Crippen LogP contribution in [0.2, 0.25) is 0 Å². The van der Waals surface area contributed by atoms with E-state index in [1.54, 1.807) is 0 Å². The monoisotopic (exact) mass is 400 g/mol. The third-order valence-electron chi connectivity index (χ3n) is 6.51. The SMILES string of the molecule is CCCCCCC1CCC(N2N=CC(c3ccc(CCCCC)cc3)S2)CC1. The minimum absolute atomic E-state index is 0.399. The first-order valence-electron chi connectivity index (χ1n) is 11.9. The highest BCUT2D eigenvalue weighted by molar-refractivity contribution is 7.98. The van der Waals surface area contributed by atoms with E-state index in [1.807, 2.05) is 11.9 Å². The average Bonchev–Trinajstić information content (AvgIpc) is 3.23. The fourth-order valence-corrected chi connectivity index (χ4v) is 5.70. The highest BCUT2D eigenvalue weighted by atomic mass is 32.2. The second-order valence-electron chi connectivity index (χ2n) is 8.82. The van der Waals surface area contributed by atoms with E-state index in [4.69, 9.17) is 5.10 Å². The Labute approximate surface area is 177 Å². The van der Waals surface area contributed by atoms with Crippen LogP contribution < -0.4 is 0 Å². The summed E-state index contributed by atoms with van der Waals surface area (Å²) in [6.45, 7) is 4.57. The molecule has 1 unspecified atom stereocenters. The molecule has 1 aliphatic carbocycles. The molecule has 1 heterocycles. The van der Waals surface area contributed by atoms with Gasteiger partial charge in [-0.15, -0.1) is 0 Å². The normalized spacial score (nSPS) is 24.8. The molecule has 1 fully saturated rings. The van der Waals surface area contributed by atoms with Gasteiger partial charge < -0.3 is 0 Å². The van der Waals surface area contributed by atoms with Crippen LogP contribution in [0.1, 0.15) is 107 Å². The fraction of sp³-hybridized carbons (Fsp3) is 0.720. The van der Waals surface area contributed by atoms with Gasteiger partial charge in [-0.25, -0.2) is 4.41 Å². The van der Waals surface area contributed by atoms with Gasteiger partial charge in [-0.05, 0) is 67.5 Å². The lowest BCUT2D eigenvalue weighted by Gasteiger charge is -2.33. The zero-order valence-electron chi connectivity index (χ0n) is 18.1. The van der Waals surface area contributed by atoms with Crippen LogP contribution >= 0.6 is 11.9 Å². The number of hydrazone groups is 1. The molecular formula is C25H40N2S. The van der Waals surface area contributed by atoms with Crippen molar-refractivity contribution in [3.8, 4) is 0 Å². The topological polar surface area (TPSA) is 15.6 Å². The summed E-state index contributed by atoms with van der Waals surface area (Å²) in [5.41, 5.74) is 2.88. The van der Waals surface area contributed by atoms with Crippen LogP contribution in [0.4, 0.5) is 0 Å². The number of hydrogen-bond acceptors (Lipinski definition) is 3. The summed E-state index contributed by atoms with van der Waals surface area (Å²) in [5, 5.41) is 5.18. The summed E-state index contributed by atoms with van der Waals surface area (Å²) in [7, 11) is 0. The van der Waals surface area contributed by atoms with Crippen LogP contribution in [0.3, 0.4) is 0 Å². The van der Waals surface area contributed by atoms with Crippen molar-refractivity contribution in [3.05, 3.63) is 35.4 Å². The van der Waals surface area contributed by atoms with E-state index in [1.165, 1.54) is 94.6 Å². The lowest BCUT2D eigenvalue weighted by Crippen LogP contribution is -2.29. The number of aryl methyl sites for hydroxylation is 1. The lowest BCUT2D eigenvalue weighted by molar-refractivity contribution is 0.224. The Morgan fingerprint density at radius 3 is 2.32 bits per heavy atom. The van der Waals surface area contributed by atoms with Crippen LogP contribution in [-0.4, -0.2) is 16.7 Å². The molecule has 0 spiro atoms. The van der Waals surface area contributed by atoms with Crippen molar-refractivity contribution in [3.63, 3.8) is 0 Å². The second kappa shape index (κ2) is 11.9. The van der Waals surface area contributed by atoms with Crippen molar-refractivity contribution in [2.24, 2.45) is 11.0 Å². The molecule has 1 aromatic carbocycles. The van der Waals surface area contributed by atoms with Gasteiger partial charge in [0.2, 0.25) is 0 Å². The summed E-state index contributed by atoms with van der Waals surface area (Å²) in [4.78, 5) is 0. The smallest absolute Gasteiger partial charge is 0.0882 e. The highest BCUT2D eigenvalue weighted by Crippen LogP contribution is 2.41. The van der Waals surface area contributed by atoms with Crippen molar-refractivity contribution < 1.29 is 0 Å². The first kappa shape index (κ1) is 21.7. The maximum Gasteiger partial charge on any atom is 0.0882 e. The van der Waals surface area contributed by atoms with Crippen molar-refractivity contribution >= 4 is 18.2 Å². The minimum atomic E-state index is 0.399. The third kappa shape index (κ3) is 6.54. The summed E-state index contributed by atoms with van der Waals surface area (Å²) < 4.78 is 2.33. The predicted octanol–water partition coefficient (Wildman–Crippen LogP) is 7.94. The molecule has 2 nitrogen and oxygen atoms in total. The molecule has 1 aromatic rings. The molecule has 28 heavy (non-hydrogen) atoms. The van der Waals surface area contributed by atoms with Gasteiger partial charge >= 0.3 is 0 Å². The van der Waals surface area contributed by atoms with Crippen molar-refractivity contribution in [1.29, 1.82) is 0 Å². The van der Waals surface area contributed by atoms with E-state index in [9.17, 15) is 0 Å². The first-order valence-corrected chi connectivity index (χ1v) is 12.7. The van der Waals surface area contributed by atoms with E-state index >= 15 is 0 Å². The molecule has 3 heteroatoms. The number of rotatable bonds is 11. The maximum atomic E-state index is 4.78. The average molecular weight is 401 g/mol. The molecule has 0 amide bonds. The van der Waals surface area contributed by atoms with Gasteiger partial charge in [0, 0.05) is 6.21 Å². The molecule has 0 bridgehead atoms. The fourth-order valence-electron chi connectivity index (χ4n) is 4.59. The molecule has 1 aliphatic heterocycles. The molecule has 0 saturated heterocycles. The molecule has 1 atom stereocenters. The predicted molar refractivity (Wildman–Crippen MR) is 125 cm³/mol. The first-order chi connectivity index (χ1) is 13.8. The molecule has 3 rings (SSSR count). The number of benzene rings is 1. The van der Waals surface area contributed by atoms with Crippen LogP contribution in [0.25, 0.3) is 0 Å². The van der Waals surface area contributed by atoms with Gasteiger partial charge in [-0.1, -0.05) is 83.1 Å². The Balaban J connectivity index is 1.39. The third-order valence-corrected chi connectivity index (χ3v) is 7.74.